The fourth-order valence-corrected chi connectivity index (χ4v) is 3.04. The van der Waals surface area contributed by atoms with E-state index in [0.29, 0.717) is 24.9 Å². The summed E-state index contributed by atoms with van der Waals surface area (Å²) >= 11 is 0. The molecule has 0 saturated heterocycles. The summed E-state index contributed by atoms with van der Waals surface area (Å²) in [5.74, 6) is -0.651. The zero-order chi connectivity index (χ0) is 20.6. The molecule has 152 valence electrons. The molecule has 1 heterocycles. The zero-order valence-electron chi connectivity index (χ0n) is 14.9. The summed E-state index contributed by atoms with van der Waals surface area (Å²) in [5.41, 5.74) is 1.15. The fraction of sp³-hybridized carbons (Fsp3) is 0.333. The first kappa shape index (κ1) is 21.7. The number of carbonyl (C=O) groups is 1. The predicted octanol–water partition coefficient (Wildman–Crippen LogP) is 2.17. The number of benzene rings is 1. The van der Waals surface area contributed by atoms with Crippen LogP contribution in [-0.2, 0) is 23.2 Å². The largest absolute Gasteiger partial charge is 0.435 e. The topological polar surface area (TPSA) is 96.6 Å². The van der Waals surface area contributed by atoms with E-state index in [1.165, 1.54) is 24.3 Å². The second-order valence-corrected chi connectivity index (χ2v) is 7.60. The summed E-state index contributed by atoms with van der Waals surface area (Å²) in [7, 11) is -3.94. The van der Waals surface area contributed by atoms with Gasteiger partial charge in [-0.2, -0.15) is 17.2 Å². The Morgan fingerprint density at radius 1 is 1.18 bits per heavy atom. The third-order valence-electron chi connectivity index (χ3n) is 3.78. The lowest BCUT2D eigenvalue weighted by Gasteiger charge is -2.07. The molecule has 2 aromatic rings. The Balaban J connectivity index is 1.84. The Morgan fingerprint density at radius 2 is 1.89 bits per heavy atom. The lowest BCUT2D eigenvalue weighted by atomic mass is 10.2. The molecule has 10 heteroatoms. The summed E-state index contributed by atoms with van der Waals surface area (Å²) < 4.78 is 60.5. The van der Waals surface area contributed by atoms with Crippen molar-refractivity contribution in [3.63, 3.8) is 0 Å². The van der Waals surface area contributed by atoms with Crippen molar-refractivity contribution in [1.29, 1.82) is 0 Å². The van der Waals surface area contributed by atoms with Gasteiger partial charge in [0.1, 0.15) is 12.3 Å². The van der Waals surface area contributed by atoms with Gasteiger partial charge in [0.2, 0.25) is 0 Å². The number of carbonyl (C=O) groups excluding carboxylic acids is 1. The minimum atomic E-state index is -3.94. The minimum Gasteiger partial charge on any atom is -0.435 e. The van der Waals surface area contributed by atoms with Crippen LogP contribution in [0.5, 0.6) is 5.75 Å². The van der Waals surface area contributed by atoms with E-state index in [2.05, 4.69) is 10.1 Å². The normalized spacial score (nSPS) is 11.4. The summed E-state index contributed by atoms with van der Waals surface area (Å²) in [6.45, 7) is -2.08. The molecule has 0 aliphatic rings. The summed E-state index contributed by atoms with van der Waals surface area (Å²) in [5, 5.41) is 2.74. The lowest BCUT2D eigenvalue weighted by molar-refractivity contribution is -0.697. The Bertz CT molecular complexity index is 889. The molecule has 1 amide bonds. The van der Waals surface area contributed by atoms with Crippen molar-refractivity contribution in [1.82, 2.24) is 5.32 Å². The van der Waals surface area contributed by atoms with Gasteiger partial charge in [0.05, 0.1) is 5.75 Å². The first-order valence-corrected chi connectivity index (χ1v) is 10.1. The zero-order valence-corrected chi connectivity index (χ0v) is 15.7. The van der Waals surface area contributed by atoms with Gasteiger partial charge in [-0.15, -0.1) is 0 Å². The van der Waals surface area contributed by atoms with E-state index in [0.717, 1.165) is 5.56 Å². The number of aryl methyl sites for hydroxylation is 1. The van der Waals surface area contributed by atoms with Gasteiger partial charge >= 0.3 is 6.61 Å². The van der Waals surface area contributed by atoms with Crippen molar-refractivity contribution in [2.75, 3.05) is 5.75 Å². The molecule has 0 bridgehead atoms. The number of hydrogen-bond acceptors (Lipinski definition) is 4. The van der Waals surface area contributed by atoms with E-state index < -0.39 is 16.7 Å². The van der Waals surface area contributed by atoms with E-state index in [4.69, 9.17) is 4.55 Å². The van der Waals surface area contributed by atoms with Crippen LogP contribution in [0.4, 0.5) is 8.78 Å². The molecule has 0 saturated carbocycles. The molecular weight excluding hydrogens is 394 g/mol. The number of nitrogens with one attached hydrogen (secondary N) is 1. The molecule has 0 aliphatic carbocycles. The maximum Gasteiger partial charge on any atom is 0.387 e. The van der Waals surface area contributed by atoms with Crippen LogP contribution in [-0.4, -0.2) is 31.2 Å². The van der Waals surface area contributed by atoms with E-state index in [1.54, 1.807) is 6.07 Å². The Labute approximate surface area is 161 Å². The van der Waals surface area contributed by atoms with Crippen molar-refractivity contribution < 1.29 is 35.8 Å². The average molecular weight is 415 g/mol. The highest BCUT2D eigenvalue weighted by Gasteiger charge is 2.10. The molecule has 2 rings (SSSR count). The molecular formula is C18H21F2N2O5S+. The predicted molar refractivity (Wildman–Crippen MR) is 96.5 cm³/mol. The average Bonchev–Trinajstić information content (AvgIpc) is 2.63. The standard InChI is InChI=1S/C18H20F2N2O5S/c19-18(20)27-16-7-5-15(6-8-16)17(23)21-12-14-4-3-10-22(13-14)9-1-2-11-28(24,25)26/h3-8,10,13,18H,1-2,9,11-12H2,(H-,21,23,24,25,26)/p+1. The second-order valence-electron chi connectivity index (χ2n) is 6.03. The van der Waals surface area contributed by atoms with Crippen LogP contribution in [0.15, 0.2) is 48.8 Å². The Morgan fingerprint density at radius 3 is 2.54 bits per heavy atom. The van der Waals surface area contributed by atoms with Crippen LogP contribution in [0.1, 0.15) is 28.8 Å². The van der Waals surface area contributed by atoms with Gasteiger partial charge in [-0.25, -0.2) is 4.57 Å². The molecule has 0 spiro atoms. The van der Waals surface area contributed by atoms with Crippen LogP contribution in [0.25, 0.3) is 0 Å². The van der Waals surface area contributed by atoms with Crippen molar-refractivity contribution in [3.8, 4) is 5.75 Å². The number of aromatic nitrogens is 1. The fourth-order valence-electron chi connectivity index (χ4n) is 2.47. The molecule has 7 nitrogen and oxygen atoms in total. The highest BCUT2D eigenvalue weighted by Crippen LogP contribution is 2.14. The third-order valence-corrected chi connectivity index (χ3v) is 4.59. The molecule has 0 unspecified atom stereocenters. The highest BCUT2D eigenvalue weighted by atomic mass is 32.2. The minimum absolute atomic E-state index is 0.0235. The summed E-state index contributed by atoms with van der Waals surface area (Å²) in [6.07, 6.45) is 4.57. The SMILES string of the molecule is O=C(NCc1ccc[n+](CCCCS(=O)(=O)O)c1)c1ccc(OC(F)F)cc1. The van der Waals surface area contributed by atoms with E-state index >= 15 is 0 Å². The van der Waals surface area contributed by atoms with Gasteiger partial charge in [0.15, 0.2) is 12.4 Å². The van der Waals surface area contributed by atoms with E-state index in [9.17, 15) is 22.0 Å². The molecule has 0 aliphatic heterocycles. The number of amides is 1. The van der Waals surface area contributed by atoms with Gasteiger partial charge in [0.25, 0.3) is 16.0 Å². The number of halogens is 2. The van der Waals surface area contributed by atoms with Crippen LogP contribution in [0.2, 0.25) is 0 Å². The lowest BCUT2D eigenvalue weighted by Crippen LogP contribution is -2.34. The van der Waals surface area contributed by atoms with Crippen LogP contribution in [0, 0.1) is 0 Å². The van der Waals surface area contributed by atoms with Gasteiger partial charge in [0, 0.05) is 30.2 Å². The smallest absolute Gasteiger partial charge is 0.387 e. The van der Waals surface area contributed by atoms with E-state index in [1.807, 2.05) is 23.0 Å². The van der Waals surface area contributed by atoms with Crippen molar-refractivity contribution in [3.05, 3.63) is 59.9 Å². The monoisotopic (exact) mass is 415 g/mol. The molecule has 1 aromatic carbocycles. The third kappa shape index (κ3) is 7.97. The molecule has 1 aromatic heterocycles. The number of nitrogens with zero attached hydrogens (tertiary/aromatic N) is 1. The Hall–Kier alpha value is -2.59. The number of alkyl halides is 2. The molecule has 0 fully saturated rings. The Kier molecular flexibility index (Phi) is 7.82. The van der Waals surface area contributed by atoms with Gasteiger partial charge in [-0.3, -0.25) is 9.35 Å². The second kappa shape index (κ2) is 10.1. The van der Waals surface area contributed by atoms with Gasteiger partial charge < -0.3 is 10.1 Å². The van der Waals surface area contributed by atoms with Gasteiger partial charge in [-0.1, -0.05) is 0 Å². The van der Waals surface area contributed by atoms with Crippen LogP contribution < -0.4 is 14.6 Å². The molecule has 0 atom stereocenters. The van der Waals surface area contributed by atoms with Crippen molar-refractivity contribution >= 4 is 16.0 Å². The highest BCUT2D eigenvalue weighted by molar-refractivity contribution is 7.85. The van der Waals surface area contributed by atoms with Crippen molar-refractivity contribution in [2.24, 2.45) is 0 Å². The molecule has 2 N–H and O–H groups in total. The quantitative estimate of drug-likeness (QED) is 0.352. The number of hydrogen-bond donors (Lipinski definition) is 2. The maximum atomic E-state index is 12.2. The first-order valence-electron chi connectivity index (χ1n) is 8.49. The number of rotatable bonds is 10. The van der Waals surface area contributed by atoms with Crippen LogP contribution >= 0.6 is 0 Å². The van der Waals surface area contributed by atoms with E-state index in [-0.39, 0.29) is 24.0 Å². The van der Waals surface area contributed by atoms with Crippen molar-refractivity contribution in [2.45, 2.75) is 32.5 Å². The van der Waals surface area contributed by atoms with Crippen LogP contribution in [0.3, 0.4) is 0 Å². The number of pyridine rings is 1. The van der Waals surface area contributed by atoms with Gasteiger partial charge in [-0.05, 0) is 36.8 Å². The summed E-state index contributed by atoms with van der Waals surface area (Å²) in [6, 6.07) is 9.02. The number of unbranched alkanes of at least 4 members (excludes halogenated alkanes) is 1. The maximum absolute atomic E-state index is 12.2. The first-order chi connectivity index (χ1) is 13.2. The molecule has 28 heavy (non-hydrogen) atoms. The number of ether oxygens (including phenoxy) is 1. The summed E-state index contributed by atoms with van der Waals surface area (Å²) in [4.78, 5) is 12.2. The molecule has 0 radical (unpaired) electrons.